The Kier molecular flexibility index (Phi) is 4.94. The van der Waals surface area contributed by atoms with Crippen LogP contribution in [-0.2, 0) is 0 Å². The number of benzene rings is 2. The van der Waals surface area contributed by atoms with E-state index in [0.29, 0.717) is 5.92 Å². The van der Waals surface area contributed by atoms with Crippen molar-refractivity contribution in [3.63, 3.8) is 0 Å². The van der Waals surface area contributed by atoms with E-state index in [1.54, 1.807) is 12.1 Å². The van der Waals surface area contributed by atoms with Crippen molar-refractivity contribution < 1.29 is 9.13 Å². The van der Waals surface area contributed by atoms with Gasteiger partial charge in [-0.3, -0.25) is 5.84 Å². The fourth-order valence-corrected chi connectivity index (χ4v) is 2.31. The fourth-order valence-electron chi connectivity index (χ4n) is 2.31. The van der Waals surface area contributed by atoms with Crippen LogP contribution in [0.25, 0.3) is 0 Å². The number of halogens is 1. The molecule has 0 radical (unpaired) electrons. The highest BCUT2D eigenvalue weighted by atomic mass is 19.1. The predicted octanol–water partition coefficient (Wildman–Crippen LogP) is 3.51. The summed E-state index contributed by atoms with van der Waals surface area (Å²) in [4.78, 5) is 0. The Morgan fingerprint density at radius 1 is 1.00 bits per heavy atom. The van der Waals surface area contributed by atoms with Gasteiger partial charge in [0, 0.05) is 0 Å². The molecule has 3 nitrogen and oxygen atoms in total. The topological polar surface area (TPSA) is 47.3 Å². The zero-order valence-electron chi connectivity index (χ0n) is 12.6. The minimum absolute atomic E-state index is 0.208. The third kappa shape index (κ3) is 3.40. The summed E-state index contributed by atoms with van der Waals surface area (Å²) in [6.07, 6.45) is 0. The molecule has 21 heavy (non-hydrogen) atoms. The van der Waals surface area contributed by atoms with E-state index >= 15 is 0 Å². The van der Waals surface area contributed by atoms with Crippen molar-refractivity contribution in [2.24, 2.45) is 5.84 Å². The van der Waals surface area contributed by atoms with Crippen LogP contribution in [0.2, 0.25) is 0 Å². The molecule has 4 heteroatoms. The summed E-state index contributed by atoms with van der Waals surface area (Å²) in [6, 6.07) is 12.8. The Balaban J connectivity index is 2.34. The van der Waals surface area contributed by atoms with Crippen LogP contribution in [0.5, 0.6) is 5.75 Å². The van der Waals surface area contributed by atoms with E-state index in [1.165, 1.54) is 18.7 Å². The molecule has 0 aliphatic carbocycles. The number of hydrogen-bond donors (Lipinski definition) is 2. The second-order valence-electron chi connectivity index (χ2n) is 5.32. The molecule has 0 bridgehead atoms. The highest BCUT2D eigenvalue weighted by molar-refractivity contribution is 5.38. The Hall–Kier alpha value is -1.91. The molecule has 0 saturated heterocycles. The van der Waals surface area contributed by atoms with Crippen molar-refractivity contribution in [1.29, 1.82) is 0 Å². The van der Waals surface area contributed by atoms with Crippen LogP contribution >= 0.6 is 0 Å². The van der Waals surface area contributed by atoms with Crippen LogP contribution in [0.15, 0.2) is 42.5 Å². The molecule has 2 aromatic rings. The maximum atomic E-state index is 13.5. The van der Waals surface area contributed by atoms with Gasteiger partial charge in [0.05, 0.1) is 13.2 Å². The first-order valence-corrected chi connectivity index (χ1v) is 6.96. The van der Waals surface area contributed by atoms with E-state index in [4.69, 9.17) is 10.6 Å². The van der Waals surface area contributed by atoms with Crippen LogP contribution in [0.4, 0.5) is 4.39 Å². The Morgan fingerprint density at radius 2 is 1.57 bits per heavy atom. The molecule has 0 aliphatic rings. The minimum Gasteiger partial charge on any atom is -0.494 e. The smallest absolute Gasteiger partial charge is 0.165 e. The van der Waals surface area contributed by atoms with Crippen molar-refractivity contribution in [3.8, 4) is 5.75 Å². The number of nitrogens with two attached hydrogens (primary N) is 1. The zero-order valence-corrected chi connectivity index (χ0v) is 12.6. The normalized spacial score (nSPS) is 12.5. The first-order chi connectivity index (χ1) is 10.1. The molecule has 112 valence electrons. The monoisotopic (exact) mass is 288 g/mol. The summed E-state index contributed by atoms with van der Waals surface area (Å²) in [5.41, 5.74) is 5.92. The Morgan fingerprint density at radius 3 is 2.10 bits per heavy atom. The summed E-state index contributed by atoms with van der Waals surface area (Å²) >= 11 is 0. The van der Waals surface area contributed by atoms with E-state index in [9.17, 15) is 4.39 Å². The maximum Gasteiger partial charge on any atom is 0.165 e. The zero-order chi connectivity index (χ0) is 15.4. The Bertz CT molecular complexity index is 596. The third-order valence-corrected chi connectivity index (χ3v) is 3.61. The van der Waals surface area contributed by atoms with Gasteiger partial charge in [0.2, 0.25) is 0 Å². The average Bonchev–Trinajstić information content (AvgIpc) is 2.50. The first-order valence-electron chi connectivity index (χ1n) is 6.96. The SMILES string of the molecule is COc1cc(C(NN)c2ccc(C(C)C)cc2)ccc1F. The van der Waals surface area contributed by atoms with Gasteiger partial charge >= 0.3 is 0 Å². The number of ether oxygens (including phenoxy) is 1. The summed E-state index contributed by atoms with van der Waals surface area (Å²) in [7, 11) is 1.45. The molecule has 0 spiro atoms. The molecule has 0 amide bonds. The quantitative estimate of drug-likeness (QED) is 0.654. The summed E-state index contributed by atoms with van der Waals surface area (Å²) in [5, 5.41) is 0. The van der Waals surface area contributed by atoms with Crippen molar-refractivity contribution in [3.05, 3.63) is 65.0 Å². The summed E-state index contributed by atoms with van der Waals surface area (Å²) < 4.78 is 18.5. The van der Waals surface area contributed by atoms with Crippen LogP contribution in [-0.4, -0.2) is 7.11 Å². The van der Waals surface area contributed by atoms with Crippen molar-refractivity contribution in [1.82, 2.24) is 5.43 Å². The maximum absolute atomic E-state index is 13.5. The lowest BCUT2D eigenvalue weighted by atomic mass is 9.95. The molecule has 1 atom stereocenters. The van der Waals surface area contributed by atoms with Crippen LogP contribution in [0, 0.1) is 5.82 Å². The molecular weight excluding hydrogens is 267 g/mol. The van der Waals surface area contributed by atoms with Gasteiger partial charge in [0.25, 0.3) is 0 Å². The van der Waals surface area contributed by atoms with Crippen LogP contribution in [0.3, 0.4) is 0 Å². The van der Waals surface area contributed by atoms with Crippen LogP contribution < -0.4 is 16.0 Å². The lowest BCUT2D eigenvalue weighted by molar-refractivity contribution is 0.385. The number of hydrogen-bond acceptors (Lipinski definition) is 3. The second kappa shape index (κ2) is 6.70. The van der Waals surface area contributed by atoms with Gasteiger partial charge < -0.3 is 4.74 Å². The molecule has 0 saturated carbocycles. The van der Waals surface area contributed by atoms with Crippen LogP contribution in [0.1, 0.15) is 42.5 Å². The molecule has 0 aromatic heterocycles. The van der Waals surface area contributed by atoms with E-state index < -0.39 is 0 Å². The molecule has 0 heterocycles. The van der Waals surface area contributed by atoms with Crippen molar-refractivity contribution in [2.75, 3.05) is 7.11 Å². The van der Waals surface area contributed by atoms with Gasteiger partial charge in [-0.05, 0) is 34.7 Å². The summed E-state index contributed by atoms with van der Waals surface area (Å²) in [6.45, 7) is 4.30. The standard InChI is InChI=1S/C17H21FN2O/c1-11(2)12-4-6-13(7-5-12)17(20-19)14-8-9-15(18)16(10-14)21-3/h4-11,17,20H,19H2,1-3H3. The molecule has 2 rings (SSSR count). The number of nitrogens with one attached hydrogen (secondary N) is 1. The number of rotatable bonds is 5. The predicted molar refractivity (Wildman–Crippen MR) is 82.6 cm³/mol. The molecule has 2 aromatic carbocycles. The van der Waals surface area contributed by atoms with Gasteiger partial charge in [0.15, 0.2) is 11.6 Å². The first kappa shape index (κ1) is 15.5. The van der Waals surface area contributed by atoms with Gasteiger partial charge in [-0.2, -0.15) is 0 Å². The van der Waals surface area contributed by atoms with E-state index in [0.717, 1.165) is 11.1 Å². The highest BCUT2D eigenvalue weighted by Gasteiger charge is 2.15. The molecule has 1 unspecified atom stereocenters. The lowest BCUT2D eigenvalue weighted by Gasteiger charge is -2.18. The van der Waals surface area contributed by atoms with Gasteiger partial charge in [-0.1, -0.05) is 44.2 Å². The largest absolute Gasteiger partial charge is 0.494 e. The van der Waals surface area contributed by atoms with E-state index in [2.05, 4.69) is 31.4 Å². The Labute approximate surface area is 124 Å². The summed E-state index contributed by atoms with van der Waals surface area (Å²) in [5.74, 6) is 5.99. The minimum atomic E-state index is -0.382. The molecule has 0 aliphatic heterocycles. The lowest BCUT2D eigenvalue weighted by Crippen LogP contribution is -2.28. The fraction of sp³-hybridized carbons (Fsp3) is 0.294. The number of methoxy groups -OCH3 is 1. The average molecular weight is 288 g/mol. The van der Waals surface area contributed by atoms with Crippen molar-refractivity contribution in [2.45, 2.75) is 25.8 Å². The molecular formula is C17H21FN2O. The molecule has 0 fully saturated rings. The van der Waals surface area contributed by atoms with Crippen molar-refractivity contribution >= 4 is 0 Å². The van der Waals surface area contributed by atoms with E-state index in [-0.39, 0.29) is 17.6 Å². The van der Waals surface area contributed by atoms with Gasteiger partial charge in [0.1, 0.15) is 0 Å². The molecule has 3 N–H and O–H groups in total. The number of hydrazine groups is 1. The van der Waals surface area contributed by atoms with Gasteiger partial charge in [-0.15, -0.1) is 0 Å². The third-order valence-electron chi connectivity index (χ3n) is 3.61. The second-order valence-corrected chi connectivity index (χ2v) is 5.32. The highest BCUT2D eigenvalue weighted by Crippen LogP contribution is 2.27. The van der Waals surface area contributed by atoms with Gasteiger partial charge in [-0.25, -0.2) is 9.82 Å². The van der Waals surface area contributed by atoms with E-state index in [1.807, 2.05) is 12.1 Å².